The van der Waals surface area contributed by atoms with E-state index in [0.29, 0.717) is 0 Å². The highest BCUT2D eigenvalue weighted by atomic mass is 16.3. The summed E-state index contributed by atoms with van der Waals surface area (Å²) < 4.78 is 2.00. The molecule has 1 aliphatic carbocycles. The van der Waals surface area contributed by atoms with Gasteiger partial charge in [-0.15, -0.1) is 0 Å². The van der Waals surface area contributed by atoms with Crippen molar-refractivity contribution in [3.05, 3.63) is 18.2 Å². The first-order chi connectivity index (χ1) is 6.49. The van der Waals surface area contributed by atoms with Gasteiger partial charge in [-0.05, 0) is 26.7 Å². The zero-order chi connectivity index (χ0) is 10.4. The molecule has 0 aliphatic heterocycles. The molecule has 78 valence electrons. The van der Waals surface area contributed by atoms with Crippen LogP contribution in [-0.4, -0.2) is 14.7 Å². The highest BCUT2D eigenvalue weighted by molar-refractivity contribution is 5.17. The van der Waals surface area contributed by atoms with Gasteiger partial charge in [-0.3, -0.25) is 0 Å². The Morgan fingerprint density at radius 3 is 2.71 bits per heavy atom. The Balaban J connectivity index is 2.29. The number of aromatic nitrogens is 2. The van der Waals surface area contributed by atoms with Crippen LogP contribution in [-0.2, 0) is 12.1 Å². The average Bonchev–Trinajstić information content (AvgIpc) is 2.73. The lowest BCUT2D eigenvalue weighted by molar-refractivity contribution is -0.0164. The molecule has 1 aromatic heterocycles. The van der Waals surface area contributed by atoms with Crippen molar-refractivity contribution >= 4 is 0 Å². The van der Waals surface area contributed by atoms with Crippen molar-refractivity contribution in [1.29, 1.82) is 0 Å². The number of aliphatic hydroxyl groups is 1. The van der Waals surface area contributed by atoms with E-state index in [-0.39, 0.29) is 5.41 Å². The molecule has 0 spiro atoms. The van der Waals surface area contributed by atoms with Crippen LogP contribution < -0.4 is 0 Å². The van der Waals surface area contributed by atoms with Crippen LogP contribution in [0.15, 0.2) is 12.5 Å². The van der Waals surface area contributed by atoms with E-state index in [0.717, 1.165) is 25.1 Å². The summed E-state index contributed by atoms with van der Waals surface area (Å²) >= 11 is 0. The number of nitrogens with zero attached hydrogens (tertiary/aromatic N) is 2. The van der Waals surface area contributed by atoms with E-state index in [1.807, 2.05) is 17.7 Å². The van der Waals surface area contributed by atoms with Crippen molar-refractivity contribution in [1.82, 2.24) is 9.55 Å². The Morgan fingerprint density at radius 2 is 2.29 bits per heavy atom. The van der Waals surface area contributed by atoms with E-state index >= 15 is 0 Å². The quantitative estimate of drug-likeness (QED) is 0.798. The third-order valence-corrected chi connectivity index (χ3v) is 3.67. The van der Waals surface area contributed by atoms with E-state index in [1.165, 1.54) is 0 Å². The van der Waals surface area contributed by atoms with Crippen LogP contribution in [0.4, 0.5) is 0 Å². The molecular weight excluding hydrogens is 176 g/mol. The third-order valence-electron chi connectivity index (χ3n) is 3.67. The first kappa shape index (κ1) is 9.71. The van der Waals surface area contributed by atoms with Crippen LogP contribution in [0.5, 0.6) is 0 Å². The SMILES string of the molecule is CCn1cnc(C(C)(O)C2(C)CC2)c1. The number of hydrogen-bond acceptors (Lipinski definition) is 2. The second kappa shape index (κ2) is 2.83. The molecule has 1 fully saturated rings. The fourth-order valence-corrected chi connectivity index (χ4v) is 1.77. The van der Waals surface area contributed by atoms with Crippen molar-refractivity contribution < 1.29 is 5.11 Å². The van der Waals surface area contributed by atoms with Crippen LogP contribution in [0.2, 0.25) is 0 Å². The van der Waals surface area contributed by atoms with Crippen molar-refractivity contribution in [3.8, 4) is 0 Å². The van der Waals surface area contributed by atoms with Gasteiger partial charge >= 0.3 is 0 Å². The van der Waals surface area contributed by atoms with E-state index in [2.05, 4.69) is 18.8 Å². The average molecular weight is 194 g/mol. The normalized spacial score (nSPS) is 23.1. The summed E-state index contributed by atoms with van der Waals surface area (Å²) in [4.78, 5) is 4.28. The summed E-state index contributed by atoms with van der Waals surface area (Å²) in [7, 11) is 0. The second-order valence-electron chi connectivity index (χ2n) is 4.72. The molecule has 0 aromatic carbocycles. The molecule has 0 radical (unpaired) electrons. The molecule has 1 aromatic rings. The molecule has 1 atom stereocenters. The molecular formula is C11H18N2O. The largest absolute Gasteiger partial charge is 0.383 e. The minimum atomic E-state index is -0.770. The zero-order valence-corrected chi connectivity index (χ0v) is 9.12. The van der Waals surface area contributed by atoms with Gasteiger partial charge in [0.25, 0.3) is 0 Å². The molecule has 3 nitrogen and oxygen atoms in total. The highest BCUT2D eigenvalue weighted by Gasteiger charge is 2.54. The molecule has 3 heteroatoms. The standard InChI is InChI=1S/C11H18N2O/c1-4-13-7-9(12-8-13)11(3,14)10(2)5-6-10/h7-8,14H,4-6H2,1-3H3. The predicted molar refractivity (Wildman–Crippen MR) is 54.8 cm³/mol. The van der Waals surface area contributed by atoms with Gasteiger partial charge in [0.2, 0.25) is 0 Å². The minimum absolute atomic E-state index is 0.0416. The molecule has 2 rings (SSSR count). The van der Waals surface area contributed by atoms with Gasteiger partial charge in [0.05, 0.1) is 12.0 Å². The molecule has 1 unspecified atom stereocenters. The van der Waals surface area contributed by atoms with Crippen molar-refractivity contribution in [2.24, 2.45) is 5.41 Å². The molecule has 0 saturated heterocycles. The van der Waals surface area contributed by atoms with E-state index in [1.54, 1.807) is 6.33 Å². The maximum absolute atomic E-state index is 10.4. The first-order valence-corrected chi connectivity index (χ1v) is 5.24. The van der Waals surface area contributed by atoms with Crippen LogP contribution in [0.1, 0.15) is 39.3 Å². The Bertz CT molecular complexity index is 337. The van der Waals surface area contributed by atoms with Crippen molar-refractivity contribution in [3.63, 3.8) is 0 Å². The second-order valence-corrected chi connectivity index (χ2v) is 4.72. The van der Waals surface area contributed by atoms with Crippen LogP contribution in [0, 0.1) is 5.41 Å². The molecule has 1 aliphatic rings. The lowest BCUT2D eigenvalue weighted by Gasteiger charge is -2.28. The summed E-state index contributed by atoms with van der Waals surface area (Å²) in [6.45, 7) is 6.97. The Kier molecular flexibility index (Phi) is 1.96. The minimum Gasteiger partial charge on any atom is -0.383 e. The predicted octanol–water partition coefficient (Wildman–Crippen LogP) is 1.91. The first-order valence-electron chi connectivity index (χ1n) is 5.24. The zero-order valence-electron chi connectivity index (χ0n) is 9.12. The lowest BCUT2D eigenvalue weighted by Crippen LogP contribution is -2.31. The van der Waals surface area contributed by atoms with Crippen LogP contribution in [0.25, 0.3) is 0 Å². The highest BCUT2D eigenvalue weighted by Crippen LogP contribution is 2.57. The van der Waals surface area contributed by atoms with Gasteiger partial charge in [-0.2, -0.15) is 0 Å². The van der Waals surface area contributed by atoms with Gasteiger partial charge in [0, 0.05) is 18.2 Å². The lowest BCUT2D eigenvalue weighted by atomic mass is 9.85. The fourth-order valence-electron chi connectivity index (χ4n) is 1.77. The number of rotatable bonds is 3. The maximum Gasteiger partial charge on any atom is 0.111 e. The molecule has 0 bridgehead atoms. The molecule has 0 amide bonds. The van der Waals surface area contributed by atoms with Gasteiger partial charge < -0.3 is 9.67 Å². The van der Waals surface area contributed by atoms with Crippen LogP contribution >= 0.6 is 0 Å². The van der Waals surface area contributed by atoms with E-state index < -0.39 is 5.60 Å². The summed E-state index contributed by atoms with van der Waals surface area (Å²) in [6.07, 6.45) is 5.93. The molecule has 1 N–H and O–H groups in total. The fraction of sp³-hybridized carbons (Fsp3) is 0.727. The van der Waals surface area contributed by atoms with Gasteiger partial charge in [-0.25, -0.2) is 4.98 Å². The number of hydrogen-bond donors (Lipinski definition) is 1. The number of imidazole rings is 1. The van der Waals surface area contributed by atoms with Gasteiger partial charge in [0.1, 0.15) is 5.60 Å². The van der Waals surface area contributed by atoms with E-state index in [4.69, 9.17) is 0 Å². The van der Waals surface area contributed by atoms with Crippen molar-refractivity contribution in [2.75, 3.05) is 0 Å². The molecule has 14 heavy (non-hydrogen) atoms. The summed E-state index contributed by atoms with van der Waals surface area (Å²) in [5.74, 6) is 0. The topological polar surface area (TPSA) is 38.0 Å². The monoisotopic (exact) mass is 194 g/mol. The van der Waals surface area contributed by atoms with Crippen LogP contribution in [0.3, 0.4) is 0 Å². The Morgan fingerprint density at radius 1 is 1.64 bits per heavy atom. The Labute approximate surface area is 84.8 Å². The maximum atomic E-state index is 10.4. The third kappa shape index (κ3) is 1.27. The molecule has 1 heterocycles. The van der Waals surface area contributed by atoms with E-state index in [9.17, 15) is 5.11 Å². The Hall–Kier alpha value is -0.830. The smallest absolute Gasteiger partial charge is 0.111 e. The van der Waals surface area contributed by atoms with Crippen molar-refractivity contribution in [2.45, 2.75) is 45.8 Å². The van der Waals surface area contributed by atoms with Gasteiger partial charge in [-0.1, -0.05) is 6.92 Å². The molecule has 1 saturated carbocycles. The number of aryl methyl sites for hydroxylation is 1. The van der Waals surface area contributed by atoms with Gasteiger partial charge in [0.15, 0.2) is 0 Å². The summed E-state index contributed by atoms with van der Waals surface area (Å²) in [5.41, 5.74) is 0.0761. The summed E-state index contributed by atoms with van der Waals surface area (Å²) in [5, 5.41) is 10.4. The summed E-state index contributed by atoms with van der Waals surface area (Å²) in [6, 6.07) is 0.